The van der Waals surface area contributed by atoms with Crippen LogP contribution in [-0.4, -0.2) is 53.6 Å². The van der Waals surface area contributed by atoms with Crippen molar-refractivity contribution >= 4 is 33.6 Å². The lowest BCUT2D eigenvalue weighted by molar-refractivity contribution is -0.135. The van der Waals surface area contributed by atoms with Crippen LogP contribution < -0.4 is 4.74 Å². The molecule has 5 aromatic rings. The van der Waals surface area contributed by atoms with Crippen LogP contribution >= 0.6 is 0 Å². The molecule has 264 valence electrons. The molecule has 1 aliphatic rings. The van der Waals surface area contributed by atoms with Crippen molar-refractivity contribution in [2.45, 2.75) is 119 Å². The summed E-state index contributed by atoms with van der Waals surface area (Å²) in [4.78, 5) is 46.6. The van der Waals surface area contributed by atoms with E-state index in [0.717, 1.165) is 92.8 Å². The number of ether oxygens (including phenoxy) is 1. The number of nitrogens with zero attached hydrogens (tertiary/aromatic N) is 4. The SMILES string of the molecule is CCCC(=O)N(Cc1ncc(-c2ccc3c(c2)COc2cc4c(ccc5nc(CN(C(=O)C[C@@H](C)CC)[C@@H](C)CC)[nH]c54)cc2-3)[nH]1)[C@@H](C)CC. The van der Waals surface area contributed by atoms with Crippen LogP contribution in [0.5, 0.6) is 5.75 Å². The molecule has 9 nitrogen and oxygen atoms in total. The molecule has 3 aromatic carbocycles. The highest BCUT2D eigenvalue weighted by Crippen LogP contribution is 2.42. The maximum absolute atomic E-state index is 13.3. The molecule has 0 radical (unpaired) electrons. The van der Waals surface area contributed by atoms with Crippen molar-refractivity contribution in [1.82, 2.24) is 29.7 Å². The number of carbonyl (C=O) groups is 2. The number of aromatic amines is 2. The Labute approximate surface area is 295 Å². The summed E-state index contributed by atoms with van der Waals surface area (Å²) >= 11 is 0. The van der Waals surface area contributed by atoms with E-state index >= 15 is 0 Å². The van der Waals surface area contributed by atoms with Crippen LogP contribution in [0.15, 0.2) is 48.7 Å². The minimum absolute atomic E-state index is 0.133. The monoisotopic (exact) mass is 676 g/mol. The topological polar surface area (TPSA) is 107 Å². The maximum atomic E-state index is 13.3. The third-order valence-corrected chi connectivity index (χ3v) is 10.6. The highest BCUT2D eigenvalue weighted by Gasteiger charge is 2.24. The molecule has 3 heterocycles. The van der Waals surface area contributed by atoms with E-state index in [0.29, 0.717) is 38.5 Å². The Bertz CT molecular complexity index is 1990. The van der Waals surface area contributed by atoms with Crippen molar-refractivity contribution in [2.75, 3.05) is 0 Å². The summed E-state index contributed by atoms with van der Waals surface area (Å²) in [5.41, 5.74) is 7.12. The Morgan fingerprint density at radius 2 is 1.58 bits per heavy atom. The molecule has 0 bridgehead atoms. The molecule has 0 fully saturated rings. The zero-order valence-corrected chi connectivity index (χ0v) is 30.7. The molecule has 0 spiro atoms. The van der Waals surface area contributed by atoms with Crippen LogP contribution in [0.4, 0.5) is 0 Å². The lowest BCUT2D eigenvalue weighted by atomic mass is 9.92. The number of fused-ring (bicyclic) bond motifs is 6. The van der Waals surface area contributed by atoms with Gasteiger partial charge in [0, 0.05) is 35.9 Å². The Balaban J connectivity index is 1.25. The Hall–Kier alpha value is -4.66. The van der Waals surface area contributed by atoms with Gasteiger partial charge in [-0.2, -0.15) is 0 Å². The lowest BCUT2D eigenvalue weighted by Crippen LogP contribution is -2.38. The van der Waals surface area contributed by atoms with Gasteiger partial charge in [-0.05, 0) is 85.4 Å². The number of carbonyl (C=O) groups excluding carboxylic acids is 2. The van der Waals surface area contributed by atoms with Crippen molar-refractivity contribution in [1.29, 1.82) is 0 Å². The van der Waals surface area contributed by atoms with Gasteiger partial charge in [-0.25, -0.2) is 9.97 Å². The first-order chi connectivity index (χ1) is 24.1. The summed E-state index contributed by atoms with van der Waals surface area (Å²) in [7, 11) is 0. The fourth-order valence-corrected chi connectivity index (χ4v) is 6.84. The van der Waals surface area contributed by atoms with E-state index in [1.165, 1.54) is 0 Å². The van der Waals surface area contributed by atoms with Crippen LogP contribution in [0.2, 0.25) is 0 Å². The molecule has 2 N–H and O–H groups in total. The van der Waals surface area contributed by atoms with Gasteiger partial charge in [-0.1, -0.05) is 59.2 Å². The molecule has 50 heavy (non-hydrogen) atoms. The van der Waals surface area contributed by atoms with E-state index in [2.05, 4.69) is 99.0 Å². The normalized spacial score (nSPS) is 14.1. The van der Waals surface area contributed by atoms with E-state index in [9.17, 15) is 9.59 Å². The molecule has 2 amide bonds. The fraction of sp³-hybridized carbons (Fsp3) is 0.463. The van der Waals surface area contributed by atoms with Crippen molar-refractivity contribution < 1.29 is 14.3 Å². The number of aromatic nitrogens is 4. The maximum Gasteiger partial charge on any atom is 0.223 e. The second-order valence-corrected chi connectivity index (χ2v) is 14.1. The van der Waals surface area contributed by atoms with Gasteiger partial charge in [-0.15, -0.1) is 0 Å². The summed E-state index contributed by atoms with van der Waals surface area (Å²) in [5.74, 6) is 3.13. The minimum Gasteiger partial charge on any atom is -0.488 e. The molecule has 1 aliphatic heterocycles. The van der Waals surface area contributed by atoms with Gasteiger partial charge < -0.3 is 24.5 Å². The van der Waals surface area contributed by atoms with E-state index in [4.69, 9.17) is 9.72 Å². The number of nitrogens with one attached hydrogen (secondary N) is 2. The van der Waals surface area contributed by atoms with E-state index < -0.39 is 0 Å². The first-order valence-corrected chi connectivity index (χ1v) is 18.5. The van der Waals surface area contributed by atoms with Crippen molar-refractivity contribution in [3.63, 3.8) is 0 Å². The highest BCUT2D eigenvalue weighted by atomic mass is 16.5. The van der Waals surface area contributed by atoms with Crippen LogP contribution in [0.1, 0.15) is 104 Å². The van der Waals surface area contributed by atoms with Gasteiger partial charge in [0.2, 0.25) is 11.8 Å². The quantitative estimate of drug-likeness (QED) is 0.122. The molecule has 3 atom stereocenters. The smallest absolute Gasteiger partial charge is 0.223 e. The third-order valence-electron chi connectivity index (χ3n) is 10.6. The predicted molar refractivity (Wildman–Crippen MR) is 201 cm³/mol. The number of imidazole rings is 2. The second kappa shape index (κ2) is 15.1. The van der Waals surface area contributed by atoms with Crippen molar-refractivity contribution in [2.24, 2.45) is 5.92 Å². The second-order valence-electron chi connectivity index (χ2n) is 14.1. The molecule has 0 unspecified atom stereocenters. The number of hydrogen-bond acceptors (Lipinski definition) is 5. The molecule has 0 saturated carbocycles. The summed E-state index contributed by atoms with van der Waals surface area (Å²) in [6.45, 7) is 16.1. The standard InChI is InChI=1S/C41H52N6O3/c1-8-12-39(48)46(26(6)10-3)22-37-42-21-35(44-37)29-13-15-31-30(18-29)24-50-36-20-32-28(19-33(31)36)14-16-34-41(32)45-38(43-34)23-47(27(7)11-4)40(49)17-25(5)9-2/h13-16,18-21,25-27H,8-12,17,22-24H2,1-7H3,(H,42,44)(H,43,45)/t25-,26-,27-/m0/s1. The zero-order valence-electron chi connectivity index (χ0n) is 30.7. The lowest BCUT2D eigenvalue weighted by Gasteiger charge is -2.29. The number of H-pyrrole nitrogens is 2. The van der Waals surface area contributed by atoms with E-state index in [1.807, 2.05) is 22.9 Å². The predicted octanol–water partition coefficient (Wildman–Crippen LogP) is 9.16. The third kappa shape index (κ3) is 7.14. The van der Waals surface area contributed by atoms with E-state index in [1.54, 1.807) is 0 Å². The van der Waals surface area contributed by atoms with Gasteiger partial charge in [0.1, 0.15) is 24.0 Å². The van der Waals surface area contributed by atoms with Gasteiger partial charge >= 0.3 is 0 Å². The van der Waals surface area contributed by atoms with Crippen molar-refractivity contribution in [3.05, 3.63) is 65.9 Å². The molecule has 2 aromatic heterocycles. The number of amides is 2. The number of hydrogen-bond donors (Lipinski definition) is 2. The summed E-state index contributed by atoms with van der Waals surface area (Å²) in [6, 6.07) is 15.2. The van der Waals surface area contributed by atoms with Crippen LogP contribution in [0, 0.1) is 5.92 Å². The average Bonchev–Trinajstić information content (AvgIpc) is 3.78. The molecular formula is C41H52N6O3. The van der Waals surface area contributed by atoms with Gasteiger partial charge in [0.15, 0.2) is 0 Å². The van der Waals surface area contributed by atoms with Gasteiger partial charge in [0.05, 0.1) is 36.0 Å². The van der Waals surface area contributed by atoms with Gasteiger partial charge in [-0.3, -0.25) is 9.59 Å². The van der Waals surface area contributed by atoms with E-state index in [-0.39, 0.29) is 23.9 Å². The average molecular weight is 677 g/mol. The molecule has 0 saturated heterocycles. The van der Waals surface area contributed by atoms with Crippen LogP contribution in [0.25, 0.3) is 44.2 Å². The Morgan fingerprint density at radius 1 is 0.840 bits per heavy atom. The summed E-state index contributed by atoms with van der Waals surface area (Å²) in [5, 5.41) is 2.15. The highest BCUT2D eigenvalue weighted by molar-refractivity contribution is 6.07. The van der Waals surface area contributed by atoms with Crippen molar-refractivity contribution in [3.8, 4) is 28.1 Å². The van der Waals surface area contributed by atoms with Crippen LogP contribution in [-0.2, 0) is 29.3 Å². The Kier molecular flexibility index (Phi) is 10.6. The molecule has 6 rings (SSSR count). The summed E-state index contributed by atoms with van der Waals surface area (Å²) in [6.07, 6.45) is 6.57. The number of rotatable bonds is 14. The first kappa shape index (κ1) is 35.2. The minimum atomic E-state index is 0.133. The first-order valence-electron chi connectivity index (χ1n) is 18.5. The molecule has 9 heteroatoms. The summed E-state index contributed by atoms with van der Waals surface area (Å²) < 4.78 is 6.38. The molecule has 0 aliphatic carbocycles. The largest absolute Gasteiger partial charge is 0.488 e. The Morgan fingerprint density at radius 3 is 2.30 bits per heavy atom. The van der Waals surface area contributed by atoms with Crippen LogP contribution in [0.3, 0.4) is 0 Å². The van der Waals surface area contributed by atoms with Gasteiger partial charge in [0.25, 0.3) is 0 Å². The zero-order chi connectivity index (χ0) is 35.5. The number of benzene rings is 3. The fourth-order valence-electron chi connectivity index (χ4n) is 6.84. The molecular weight excluding hydrogens is 624 g/mol.